The normalized spacial score (nSPS) is 13.3. The van der Waals surface area contributed by atoms with Crippen LogP contribution in [0.5, 0.6) is 0 Å². The summed E-state index contributed by atoms with van der Waals surface area (Å²) in [6.07, 6.45) is 3.05. The number of hydrogen-bond donors (Lipinski definition) is 1. The van der Waals surface area contributed by atoms with Gasteiger partial charge < -0.3 is 14.8 Å². The van der Waals surface area contributed by atoms with Crippen LogP contribution in [0.15, 0.2) is 0 Å². The van der Waals surface area contributed by atoms with Crippen molar-refractivity contribution in [1.82, 2.24) is 5.32 Å². The Morgan fingerprint density at radius 1 is 1.00 bits per heavy atom. The maximum atomic E-state index is 11.9. The third-order valence-corrected chi connectivity index (χ3v) is 4.42. The second-order valence-electron chi connectivity index (χ2n) is 8.15. The summed E-state index contributed by atoms with van der Waals surface area (Å²) in [5.74, 6) is -0.115. The molecular formula is C18H37NO3. The molecule has 0 heterocycles. The fourth-order valence-electron chi connectivity index (χ4n) is 1.75. The fraction of sp³-hybridized carbons (Fsp3) is 0.944. The van der Waals surface area contributed by atoms with E-state index in [1.165, 1.54) is 0 Å². The van der Waals surface area contributed by atoms with Crippen LogP contribution in [0, 0.1) is 5.41 Å². The Morgan fingerprint density at radius 2 is 1.59 bits per heavy atom. The summed E-state index contributed by atoms with van der Waals surface area (Å²) in [7, 11) is 1.92. The molecule has 0 aromatic heterocycles. The summed E-state index contributed by atoms with van der Waals surface area (Å²) in [6.45, 7) is 16.1. The molecule has 0 aliphatic rings. The maximum Gasteiger partial charge on any atom is 0.306 e. The number of rotatable bonds is 10. The summed E-state index contributed by atoms with van der Waals surface area (Å²) < 4.78 is 11.6. The van der Waals surface area contributed by atoms with Crippen molar-refractivity contribution < 1.29 is 14.3 Å². The third-order valence-electron chi connectivity index (χ3n) is 4.42. The highest BCUT2D eigenvalue weighted by Crippen LogP contribution is 2.33. The molecule has 22 heavy (non-hydrogen) atoms. The van der Waals surface area contributed by atoms with E-state index in [-0.39, 0.29) is 17.0 Å². The highest BCUT2D eigenvalue weighted by molar-refractivity contribution is 5.69. The molecule has 0 radical (unpaired) electrons. The molecular weight excluding hydrogens is 278 g/mol. The van der Waals surface area contributed by atoms with Gasteiger partial charge in [0, 0.05) is 12.8 Å². The number of hydrogen-bond acceptors (Lipinski definition) is 4. The lowest BCUT2D eigenvalue weighted by Crippen LogP contribution is -2.41. The molecule has 0 aromatic carbocycles. The van der Waals surface area contributed by atoms with E-state index < -0.39 is 5.60 Å². The largest absolute Gasteiger partial charge is 0.460 e. The fourth-order valence-corrected chi connectivity index (χ4v) is 1.75. The van der Waals surface area contributed by atoms with Gasteiger partial charge in [0.2, 0.25) is 0 Å². The molecule has 132 valence electrons. The van der Waals surface area contributed by atoms with Gasteiger partial charge in [-0.05, 0) is 59.5 Å². The average Bonchev–Trinajstić information content (AvgIpc) is 2.32. The average molecular weight is 315 g/mol. The minimum absolute atomic E-state index is 0.0706. The van der Waals surface area contributed by atoms with Gasteiger partial charge in [0.25, 0.3) is 0 Å². The quantitative estimate of drug-likeness (QED) is 0.490. The lowest BCUT2D eigenvalue weighted by atomic mass is 9.79. The summed E-state index contributed by atoms with van der Waals surface area (Å²) in [4.78, 5) is 11.9. The highest BCUT2D eigenvalue weighted by atomic mass is 16.6. The van der Waals surface area contributed by atoms with Crippen LogP contribution in [0.4, 0.5) is 0 Å². The van der Waals surface area contributed by atoms with E-state index in [2.05, 4.69) is 39.9 Å². The highest BCUT2D eigenvalue weighted by Gasteiger charge is 2.34. The predicted molar refractivity (Wildman–Crippen MR) is 92.1 cm³/mol. The molecule has 0 aliphatic heterocycles. The zero-order chi connectivity index (χ0) is 17.4. The zero-order valence-corrected chi connectivity index (χ0v) is 16.0. The topological polar surface area (TPSA) is 47.6 Å². The second kappa shape index (κ2) is 8.88. The van der Waals surface area contributed by atoms with Gasteiger partial charge in [0.05, 0.1) is 12.2 Å². The Bertz CT molecular complexity index is 330. The van der Waals surface area contributed by atoms with Crippen LogP contribution in [0.25, 0.3) is 0 Å². The van der Waals surface area contributed by atoms with Gasteiger partial charge in [0.15, 0.2) is 0 Å². The van der Waals surface area contributed by atoms with Gasteiger partial charge in [-0.3, -0.25) is 4.79 Å². The minimum atomic E-state index is -0.478. The first kappa shape index (κ1) is 21.4. The standard InChI is InChI=1S/C18H37NO3/c1-16(2,3)18(6,7)21-14-12-17(4,5)22-15(20)11-9-10-13-19-8/h19H,9-14H2,1-8H3. The number of ether oxygens (including phenoxy) is 2. The number of unbranched alkanes of at least 4 members (excludes halogenated alkanes) is 1. The van der Waals surface area contributed by atoms with Crippen LogP contribution in [-0.2, 0) is 14.3 Å². The predicted octanol–water partition coefficient (Wildman–Crippen LogP) is 3.93. The van der Waals surface area contributed by atoms with Crippen molar-refractivity contribution in [2.75, 3.05) is 20.2 Å². The molecule has 1 N–H and O–H groups in total. The molecule has 0 aliphatic carbocycles. The van der Waals surface area contributed by atoms with E-state index in [0.29, 0.717) is 19.4 Å². The van der Waals surface area contributed by atoms with Crippen molar-refractivity contribution in [3.63, 3.8) is 0 Å². The first-order chi connectivity index (χ1) is 9.91. The summed E-state index contributed by atoms with van der Waals surface area (Å²) >= 11 is 0. The van der Waals surface area contributed by atoms with E-state index in [0.717, 1.165) is 19.4 Å². The van der Waals surface area contributed by atoms with E-state index in [1.807, 2.05) is 20.9 Å². The summed E-state index contributed by atoms with van der Waals surface area (Å²) in [6, 6.07) is 0. The van der Waals surface area contributed by atoms with Crippen molar-refractivity contribution in [1.29, 1.82) is 0 Å². The van der Waals surface area contributed by atoms with Gasteiger partial charge in [-0.1, -0.05) is 20.8 Å². The van der Waals surface area contributed by atoms with Crippen LogP contribution < -0.4 is 5.32 Å². The van der Waals surface area contributed by atoms with Gasteiger partial charge in [0.1, 0.15) is 5.60 Å². The number of carbonyl (C=O) groups excluding carboxylic acids is 1. The van der Waals surface area contributed by atoms with E-state index in [4.69, 9.17) is 9.47 Å². The summed E-state index contributed by atoms with van der Waals surface area (Å²) in [5.41, 5.74) is -0.616. The first-order valence-electron chi connectivity index (χ1n) is 8.42. The van der Waals surface area contributed by atoms with Gasteiger partial charge in [-0.2, -0.15) is 0 Å². The molecule has 0 amide bonds. The zero-order valence-electron chi connectivity index (χ0n) is 16.0. The Labute approximate surface area is 137 Å². The maximum absolute atomic E-state index is 11.9. The monoisotopic (exact) mass is 315 g/mol. The summed E-state index contributed by atoms with van der Waals surface area (Å²) in [5, 5.41) is 3.08. The van der Waals surface area contributed by atoms with Crippen LogP contribution in [0.2, 0.25) is 0 Å². The molecule has 0 atom stereocenters. The van der Waals surface area contributed by atoms with Gasteiger partial charge >= 0.3 is 5.97 Å². The molecule has 0 saturated carbocycles. The Kier molecular flexibility index (Phi) is 8.63. The van der Waals surface area contributed by atoms with Crippen molar-refractivity contribution in [2.45, 2.75) is 85.4 Å². The SMILES string of the molecule is CNCCCCC(=O)OC(C)(C)CCOC(C)(C)C(C)(C)C. The van der Waals surface area contributed by atoms with E-state index in [1.54, 1.807) is 0 Å². The van der Waals surface area contributed by atoms with Crippen molar-refractivity contribution in [3.05, 3.63) is 0 Å². The molecule has 0 fully saturated rings. The minimum Gasteiger partial charge on any atom is -0.460 e. The molecule has 0 saturated heterocycles. The molecule has 0 rings (SSSR count). The first-order valence-corrected chi connectivity index (χ1v) is 8.42. The molecule has 0 unspecified atom stereocenters. The van der Waals surface area contributed by atoms with Crippen LogP contribution in [-0.4, -0.2) is 37.4 Å². The van der Waals surface area contributed by atoms with Gasteiger partial charge in [-0.25, -0.2) is 0 Å². The molecule has 0 bridgehead atoms. The van der Waals surface area contributed by atoms with Crippen LogP contribution in [0.3, 0.4) is 0 Å². The van der Waals surface area contributed by atoms with Gasteiger partial charge in [-0.15, -0.1) is 0 Å². The molecule has 0 spiro atoms. The Balaban J connectivity index is 4.12. The van der Waals surface area contributed by atoms with E-state index in [9.17, 15) is 4.79 Å². The number of nitrogens with one attached hydrogen (secondary N) is 1. The van der Waals surface area contributed by atoms with Crippen molar-refractivity contribution in [2.24, 2.45) is 5.41 Å². The molecule has 4 nitrogen and oxygen atoms in total. The van der Waals surface area contributed by atoms with E-state index >= 15 is 0 Å². The smallest absolute Gasteiger partial charge is 0.306 e. The third kappa shape index (κ3) is 8.74. The molecule has 4 heteroatoms. The lowest BCUT2D eigenvalue weighted by Gasteiger charge is -2.39. The lowest BCUT2D eigenvalue weighted by molar-refractivity contribution is -0.161. The van der Waals surface area contributed by atoms with Crippen molar-refractivity contribution >= 4 is 5.97 Å². The number of carbonyl (C=O) groups is 1. The van der Waals surface area contributed by atoms with Crippen LogP contribution >= 0.6 is 0 Å². The molecule has 0 aromatic rings. The van der Waals surface area contributed by atoms with Crippen molar-refractivity contribution in [3.8, 4) is 0 Å². The Morgan fingerprint density at radius 3 is 2.09 bits per heavy atom. The Hall–Kier alpha value is -0.610. The van der Waals surface area contributed by atoms with Crippen LogP contribution in [0.1, 0.15) is 74.1 Å². The number of esters is 1. The second-order valence-corrected chi connectivity index (χ2v) is 8.15.